The van der Waals surface area contributed by atoms with Crippen LogP contribution in [0.15, 0.2) is 12.2 Å². The van der Waals surface area contributed by atoms with Crippen molar-refractivity contribution < 1.29 is 0 Å². The quantitative estimate of drug-likeness (QED) is 0.550. The molecule has 1 aliphatic heterocycles. The van der Waals surface area contributed by atoms with Gasteiger partial charge < -0.3 is 0 Å². The zero-order valence-electron chi connectivity index (χ0n) is 7.88. The molecule has 0 bridgehead atoms. The standard InChI is InChI=1S/C10H19N/c1-4-6-10-9(2)7-5-8-11(10)3/h5,7,9-10H,4,6,8H2,1-3H3. The normalized spacial score (nSPS) is 32.6. The molecule has 2 atom stereocenters. The van der Waals surface area contributed by atoms with Crippen molar-refractivity contribution in [2.45, 2.75) is 32.7 Å². The fourth-order valence-electron chi connectivity index (χ4n) is 1.89. The molecule has 1 heteroatoms. The molecule has 11 heavy (non-hydrogen) atoms. The number of hydrogen-bond acceptors (Lipinski definition) is 1. The second-order valence-electron chi connectivity index (χ2n) is 3.58. The van der Waals surface area contributed by atoms with Crippen molar-refractivity contribution in [2.24, 2.45) is 5.92 Å². The van der Waals surface area contributed by atoms with Crippen LogP contribution in [-0.4, -0.2) is 24.5 Å². The van der Waals surface area contributed by atoms with E-state index in [0.717, 1.165) is 18.5 Å². The summed E-state index contributed by atoms with van der Waals surface area (Å²) in [6, 6.07) is 0.782. The van der Waals surface area contributed by atoms with E-state index in [2.05, 4.69) is 37.9 Å². The topological polar surface area (TPSA) is 3.24 Å². The molecular formula is C10H19N. The van der Waals surface area contributed by atoms with Gasteiger partial charge in [-0.05, 0) is 19.4 Å². The van der Waals surface area contributed by atoms with Crippen molar-refractivity contribution in [1.82, 2.24) is 4.90 Å². The minimum Gasteiger partial charge on any atom is -0.299 e. The molecule has 0 aliphatic carbocycles. The van der Waals surface area contributed by atoms with Crippen LogP contribution in [0.1, 0.15) is 26.7 Å². The maximum atomic E-state index is 2.45. The highest BCUT2D eigenvalue weighted by Gasteiger charge is 2.20. The Morgan fingerprint density at radius 2 is 2.27 bits per heavy atom. The monoisotopic (exact) mass is 153 g/mol. The van der Waals surface area contributed by atoms with E-state index in [9.17, 15) is 0 Å². The van der Waals surface area contributed by atoms with Crippen LogP contribution in [0.3, 0.4) is 0 Å². The molecule has 0 radical (unpaired) electrons. The van der Waals surface area contributed by atoms with Gasteiger partial charge >= 0.3 is 0 Å². The van der Waals surface area contributed by atoms with Crippen molar-refractivity contribution in [2.75, 3.05) is 13.6 Å². The summed E-state index contributed by atoms with van der Waals surface area (Å²) in [4.78, 5) is 2.45. The maximum Gasteiger partial charge on any atom is 0.0163 e. The molecule has 1 rings (SSSR count). The Morgan fingerprint density at radius 3 is 2.82 bits per heavy atom. The van der Waals surface area contributed by atoms with E-state index in [1.807, 2.05) is 0 Å². The lowest BCUT2D eigenvalue weighted by atomic mass is 9.93. The van der Waals surface area contributed by atoms with Gasteiger partial charge in [-0.25, -0.2) is 0 Å². The molecule has 64 valence electrons. The summed E-state index contributed by atoms with van der Waals surface area (Å²) >= 11 is 0. The second-order valence-corrected chi connectivity index (χ2v) is 3.58. The van der Waals surface area contributed by atoms with Crippen LogP contribution in [0.4, 0.5) is 0 Å². The average Bonchev–Trinajstić information content (AvgIpc) is 1.97. The zero-order chi connectivity index (χ0) is 8.27. The third-order valence-electron chi connectivity index (χ3n) is 2.59. The summed E-state index contributed by atoms with van der Waals surface area (Å²) in [6.07, 6.45) is 7.26. The largest absolute Gasteiger partial charge is 0.299 e. The summed E-state index contributed by atoms with van der Waals surface area (Å²) in [6.45, 7) is 5.71. The minimum absolute atomic E-state index is 0.744. The Labute approximate surface area is 70.1 Å². The smallest absolute Gasteiger partial charge is 0.0163 e. The van der Waals surface area contributed by atoms with Gasteiger partial charge in [0.2, 0.25) is 0 Å². The van der Waals surface area contributed by atoms with Crippen molar-refractivity contribution in [3.05, 3.63) is 12.2 Å². The van der Waals surface area contributed by atoms with Crippen LogP contribution in [0.2, 0.25) is 0 Å². The summed E-state index contributed by atoms with van der Waals surface area (Å²) in [5.41, 5.74) is 0. The summed E-state index contributed by atoms with van der Waals surface area (Å²) in [7, 11) is 2.22. The molecule has 0 spiro atoms. The van der Waals surface area contributed by atoms with Crippen LogP contribution in [0.5, 0.6) is 0 Å². The summed E-state index contributed by atoms with van der Waals surface area (Å²) < 4.78 is 0. The van der Waals surface area contributed by atoms with Crippen molar-refractivity contribution in [3.63, 3.8) is 0 Å². The van der Waals surface area contributed by atoms with Gasteiger partial charge in [-0.15, -0.1) is 0 Å². The van der Waals surface area contributed by atoms with Crippen LogP contribution < -0.4 is 0 Å². The first-order valence-corrected chi connectivity index (χ1v) is 4.62. The molecule has 1 nitrogen and oxygen atoms in total. The predicted molar refractivity (Wildman–Crippen MR) is 49.6 cm³/mol. The van der Waals surface area contributed by atoms with E-state index >= 15 is 0 Å². The van der Waals surface area contributed by atoms with Crippen LogP contribution in [0.25, 0.3) is 0 Å². The highest BCUT2D eigenvalue weighted by Crippen LogP contribution is 2.19. The molecular weight excluding hydrogens is 134 g/mol. The third-order valence-corrected chi connectivity index (χ3v) is 2.59. The maximum absolute atomic E-state index is 2.45. The SMILES string of the molecule is CCCC1C(C)C=CCN1C. The van der Waals surface area contributed by atoms with E-state index < -0.39 is 0 Å². The lowest BCUT2D eigenvalue weighted by Gasteiger charge is -2.33. The molecule has 0 aromatic heterocycles. The molecule has 0 amide bonds. The Hall–Kier alpha value is -0.300. The van der Waals surface area contributed by atoms with Gasteiger partial charge in [0, 0.05) is 12.6 Å². The number of likely N-dealkylation sites (N-methyl/N-ethyl adjacent to an activating group) is 1. The van der Waals surface area contributed by atoms with Crippen LogP contribution in [-0.2, 0) is 0 Å². The Morgan fingerprint density at radius 1 is 1.55 bits per heavy atom. The molecule has 0 fully saturated rings. The molecule has 0 saturated carbocycles. The van der Waals surface area contributed by atoms with E-state index in [0.29, 0.717) is 0 Å². The van der Waals surface area contributed by atoms with Gasteiger partial charge in [0.15, 0.2) is 0 Å². The molecule has 2 unspecified atom stereocenters. The van der Waals surface area contributed by atoms with E-state index in [4.69, 9.17) is 0 Å². The van der Waals surface area contributed by atoms with Crippen LogP contribution in [0, 0.1) is 5.92 Å². The first-order chi connectivity index (χ1) is 5.25. The Bertz CT molecular complexity index is 140. The fourth-order valence-corrected chi connectivity index (χ4v) is 1.89. The highest BCUT2D eigenvalue weighted by atomic mass is 15.1. The number of rotatable bonds is 2. The molecule has 0 aromatic carbocycles. The van der Waals surface area contributed by atoms with Gasteiger partial charge in [-0.2, -0.15) is 0 Å². The highest BCUT2D eigenvalue weighted by molar-refractivity contribution is 4.99. The fraction of sp³-hybridized carbons (Fsp3) is 0.800. The van der Waals surface area contributed by atoms with E-state index in [1.165, 1.54) is 12.8 Å². The Balaban J connectivity index is 2.52. The summed E-state index contributed by atoms with van der Waals surface area (Å²) in [5, 5.41) is 0. The van der Waals surface area contributed by atoms with E-state index in [1.54, 1.807) is 0 Å². The van der Waals surface area contributed by atoms with Crippen molar-refractivity contribution in [1.29, 1.82) is 0 Å². The molecule has 0 saturated heterocycles. The second kappa shape index (κ2) is 3.91. The Kier molecular flexibility index (Phi) is 3.13. The lowest BCUT2D eigenvalue weighted by molar-refractivity contribution is 0.198. The van der Waals surface area contributed by atoms with Gasteiger partial charge in [-0.3, -0.25) is 4.90 Å². The summed E-state index contributed by atoms with van der Waals surface area (Å²) in [5.74, 6) is 0.744. The first-order valence-electron chi connectivity index (χ1n) is 4.62. The minimum atomic E-state index is 0.744. The first kappa shape index (κ1) is 8.79. The molecule has 1 aliphatic rings. The van der Waals surface area contributed by atoms with Gasteiger partial charge in [0.25, 0.3) is 0 Å². The number of hydrogen-bond donors (Lipinski definition) is 0. The van der Waals surface area contributed by atoms with Crippen molar-refractivity contribution >= 4 is 0 Å². The molecule has 0 aromatic rings. The van der Waals surface area contributed by atoms with Gasteiger partial charge in [-0.1, -0.05) is 32.4 Å². The van der Waals surface area contributed by atoms with Gasteiger partial charge in [0.05, 0.1) is 0 Å². The predicted octanol–water partition coefficient (Wildman–Crippen LogP) is 2.29. The third kappa shape index (κ3) is 2.06. The average molecular weight is 153 g/mol. The number of nitrogens with zero attached hydrogens (tertiary/aromatic N) is 1. The van der Waals surface area contributed by atoms with Crippen LogP contribution >= 0.6 is 0 Å². The van der Waals surface area contributed by atoms with Crippen molar-refractivity contribution in [3.8, 4) is 0 Å². The lowest BCUT2D eigenvalue weighted by Crippen LogP contribution is -2.38. The van der Waals surface area contributed by atoms with E-state index in [-0.39, 0.29) is 0 Å². The molecule has 1 heterocycles. The molecule has 0 N–H and O–H groups in total. The zero-order valence-corrected chi connectivity index (χ0v) is 7.88. The van der Waals surface area contributed by atoms with Gasteiger partial charge in [0.1, 0.15) is 0 Å².